The van der Waals surface area contributed by atoms with E-state index in [1.165, 1.54) is 0 Å². The molecule has 0 saturated carbocycles. The van der Waals surface area contributed by atoms with Crippen molar-refractivity contribution in [3.8, 4) is 0 Å². The van der Waals surface area contributed by atoms with Crippen LogP contribution in [-0.2, 0) is 10.0 Å². The van der Waals surface area contributed by atoms with Gasteiger partial charge in [-0.1, -0.05) is 48.0 Å². The molecule has 0 atom stereocenters. The molecule has 0 fully saturated rings. The molecule has 0 heterocycles. The first-order chi connectivity index (χ1) is 10.5. The fraction of sp³-hybridized carbons (Fsp3) is 0.111. The number of anilines is 1. The zero-order chi connectivity index (χ0) is 15.7. The van der Waals surface area contributed by atoms with Crippen LogP contribution >= 0.6 is 0 Å². The quantitative estimate of drug-likeness (QED) is 0.785. The lowest BCUT2D eigenvalue weighted by Crippen LogP contribution is -2.13. The van der Waals surface area contributed by atoms with Crippen LogP contribution in [0.1, 0.15) is 11.1 Å². The molecular formula is C18H17NO2S. The molecule has 0 bridgehead atoms. The Balaban J connectivity index is 2.06. The van der Waals surface area contributed by atoms with Crippen LogP contribution in [0.2, 0.25) is 0 Å². The Hall–Kier alpha value is -2.33. The summed E-state index contributed by atoms with van der Waals surface area (Å²) in [4.78, 5) is 0.266. The standard InChI is InChI=1S/C18H17NO2S/c1-13-7-10-15(11-8-13)22(20,21)19-18-12-9-14(2)16-5-3-4-6-17(16)18/h3-12,19H,1-2H3. The fourth-order valence-electron chi connectivity index (χ4n) is 2.46. The minimum atomic E-state index is -3.58. The predicted molar refractivity (Wildman–Crippen MR) is 90.7 cm³/mol. The molecule has 0 saturated heterocycles. The zero-order valence-electron chi connectivity index (χ0n) is 12.5. The molecule has 1 N–H and O–H groups in total. The number of hydrogen-bond donors (Lipinski definition) is 1. The van der Waals surface area contributed by atoms with Crippen LogP contribution in [0.25, 0.3) is 10.8 Å². The lowest BCUT2D eigenvalue weighted by molar-refractivity contribution is 0.601. The lowest BCUT2D eigenvalue weighted by atomic mass is 10.0. The van der Waals surface area contributed by atoms with Gasteiger partial charge in [0.05, 0.1) is 10.6 Å². The van der Waals surface area contributed by atoms with Gasteiger partial charge in [0.2, 0.25) is 0 Å². The molecule has 0 aliphatic carbocycles. The highest BCUT2D eigenvalue weighted by molar-refractivity contribution is 7.92. The first kappa shape index (κ1) is 14.6. The highest BCUT2D eigenvalue weighted by Gasteiger charge is 2.15. The van der Waals surface area contributed by atoms with E-state index in [0.29, 0.717) is 5.69 Å². The second-order valence-electron chi connectivity index (χ2n) is 5.39. The molecule has 0 amide bonds. The largest absolute Gasteiger partial charge is 0.279 e. The summed E-state index contributed by atoms with van der Waals surface area (Å²) in [5.74, 6) is 0. The number of rotatable bonds is 3. The van der Waals surface area contributed by atoms with Crippen LogP contribution in [0.15, 0.2) is 65.6 Å². The van der Waals surface area contributed by atoms with E-state index in [1.807, 2.05) is 50.2 Å². The summed E-state index contributed by atoms with van der Waals surface area (Å²) in [6.45, 7) is 3.94. The lowest BCUT2D eigenvalue weighted by Gasteiger charge is -2.12. The smallest absolute Gasteiger partial charge is 0.261 e. The van der Waals surface area contributed by atoms with E-state index in [0.717, 1.165) is 21.9 Å². The summed E-state index contributed by atoms with van der Waals surface area (Å²) < 4.78 is 27.8. The third-order valence-electron chi connectivity index (χ3n) is 3.72. The number of fused-ring (bicyclic) bond motifs is 1. The molecule has 0 aromatic heterocycles. The fourth-order valence-corrected chi connectivity index (χ4v) is 3.54. The number of nitrogens with one attached hydrogen (secondary N) is 1. The number of hydrogen-bond acceptors (Lipinski definition) is 2. The van der Waals surface area contributed by atoms with Gasteiger partial charge in [0, 0.05) is 5.39 Å². The summed E-state index contributed by atoms with van der Waals surface area (Å²) in [5.41, 5.74) is 2.75. The van der Waals surface area contributed by atoms with Crippen LogP contribution in [0, 0.1) is 13.8 Å². The van der Waals surface area contributed by atoms with Crippen LogP contribution < -0.4 is 4.72 Å². The highest BCUT2D eigenvalue weighted by Crippen LogP contribution is 2.28. The van der Waals surface area contributed by atoms with Crippen LogP contribution in [-0.4, -0.2) is 8.42 Å². The number of aryl methyl sites for hydroxylation is 2. The van der Waals surface area contributed by atoms with Gasteiger partial charge in [0.1, 0.15) is 0 Å². The van der Waals surface area contributed by atoms with Gasteiger partial charge in [-0.05, 0) is 43.0 Å². The maximum absolute atomic E-state index is 12.5. The molecule has 112 valence electrons. The third-order valence-corrected chi connectivity index (χ3v) is 5.10. The van der Waals surface area contributed by atoms with E-state index in [1.54, 1.807) is 24.3 Å². The summed E-state index contributed by atoms with van der Waals surface area (Å²) in [7, 11) is -3.58. The molecule has 3 aromatic carbocycles. The molecule has 3 aromatic rings. The van der Waals surface area contributed by atoms with Gasteiger partial charge >= 0.3 is 0 Å². The van der Waals surface area contributed by atoms with Crippen LogP contribution in [0.4, 0.5) is 5.69 Å². The van der Waals surface area contributed by atoms with Gasteiger partial charge in [-0.15, -0.1) is 0 Å². The molecule has 0 radical (unpaired) electrons. The van der Waals surface area contributed by atoms with Gasteiger partial charge < -0.3 is 0 Å². The minimum absolute atomic E-state index is 0.266. The van der Waals surface area contributed by atoms with Crippen molar-refractivity contribution in [1.29, 1.82) is 0 Å². The maximum atomic E-state index is 12.5. The first-order valence-corrected chi connectivity index (χ1v) is 8.53. The van der Waals surface area contributed by atoms with E-state index >= 15 is 0 Å². The van der Waals surface area contributed by atoms with Crippen molar-refractivity contribution in [2.24, 2.45) is 0 Å². The number of sulfonamides is 1. The summed E-state index contributed by atoms with van der Waals surface area (Å²) >= 11 is 0. The number of benzene rings is 3. The zero-order valence-corrected chi connectivity index (χ0v) is 13.3. The first-order valence-electron chi connectivity index (χ1n) is 7.05. The van der Waals surface area contributed by atoms with E-state index in [2.05, 4.69) is 4.72 Å². The summed E-state index contributed by atoms with van der Waals surface area (Å²) in [6, 6.07) is 18.3. The minimum Gasteiger partial charge on any atom is -0.279 e. The maximum Gasteiger partial charge on any atom is 0.261 e. The topological polar surface area (TPSA) is 46.2 Å². The Morgan fingerprint density at radius 1 is 0.773 bits per heavy atom. The van der Waals surface area contributed by atoms with Gasteiger partial charge in [-0.3, -0.25) is 4.72 Å². The molecule has 3 nitrogen and oxygen atoms in total. The van der Waals surface area contributed by atoms with Gasteiger partial charge in [-0.2, -0.15) is 0 Å². The normalized spacial score (nSPS) is 11.5. The van der Waals surface area contributed by atoms with E-state index in [9.17, 15) is 8.42 Å². The molecule has 0 aliphatic rings. The third kappa shape index (κ3) is 2.70. The average Bonchev–Trinajstić information content (AvgIpc) is 2.51. The van der Waals surface area contributed by atoms with Crippen molar-refractivity contribution < 1.29 is 8.42 Å². The van der Waals surface area contributed by atoms with Crippen molar-refractivity contribution in [2.45, 2.75) is 18.7 Å². The van der Waals surface area contributed by atoms with E-state index < -0.39 is 10.0 Å². The molecule has 0 aliphatic heterocycles. The SMILES string of the molecule is Cc1ccc(S(=O)(=O)Nc2ccc(C)c3ccccc23)cc1. The Morgan fingerprint density at radius 2 is 1.41 bits per heavy atom. The van der Waals surface area contributed by atoms with Gasteiger partial charge in [0.15, 0.2) is 0 Å². The van der Waals surface area contributed by atoms with Crippen molar-refractivity contribution in [3.05, 3.63) is 71.8 Å². The Labute approximate surface area is 130 Å². The Kier molecular flexibility index (Phi) is 3.62. The Bertz CT molecular complexity index is 929. The summed E-state index contributed by atoms with van der Waals surface area (Å²) in [6.07, 6.45) is 0. The van der Waals surface area contributed by atoms with Gasteiger partial charge in [0.25, 0.3) is 10.0 Å². The summed E-state index contributed by atoms with van der Waals surface area (Å²) in [5, 5.41) is 1.95. The molecular weight excluding hydrogens is 294 g/mol. The molecule has 0 spiro atoms. The van der Waals surface area contributed by atoms with Gasteiger partial charge in [-0.25, -0.2) is 8.42 Å². The monoisotopic (exact) mass is 311 g/mol. The highest BCUT2D eigenvalue weighted by atomic mass is 32.2. The Morgan fingerprint density at radius 3 is 2.09 bits per heavy atom. The average molecular weight is 311 g/mol. The predicted octanol–water partition coefficient (Wildman–Crippen LogP) is 4.26. The second-order valence-corrected chi connectivity index (χ2v) is 7.08. The van der Waals surface area contributed by atoms with Crippen molar-refractivity contribution >= 4 is 26.5 Å². The molecule has 0 unspecified atom stereocenters. The van der Waals surface area contributed by atoms with Crippen molar-refractivity contribution in [3.63, 3.8) is 0 Å². The molecule has 4 heteroatoms. The van der Waals surface area contributed by atoms with Crippen LogP contribution in [0.3, 0.4) is 0 Å². The van der Waals surface area contributed by atoms with Crippen molar-refractivity contribution in [1.82, 2.24) is 0 Å². The van der Waals surface area contributed by atoms with E-state index in [4.69, 9.17) is 0 Å². The molecule has 3 rings (SSSR count). The molecule has 22 heavy (non-hydrogen) atoms. The van der Waals surface area contributed by atoms with Crippen LogP contribution in [0.5, 0.6) is 0 Å². The van der Waals surface area contributed by atoms with Crippen molar-refractivity contribution in [2.75, 3.05) is 4.72 Å². The van der Waals surface area contributed by atoms with E-state index in [-0.39, 0.29) is 4.90 Å². The second kappa shape index (κ2) is 5.46.